The quantitative estimate of drug-likeness (QED) is 0.806. The van der Waals surface area contributed by atoms with Gasteiger partial charge in [-0.25, -0.2) is 0 Å². The molecule has 0 spiro atoms. The summed E-state index contributed by atoms with van der Waals surface area (Å²) in [6.45, 7) is 1.60. The van der Waals surface area contributed by atoms with Crippen molar-refractivity contribution in [3.63, 3.8) is 0 Å². The molecule has 2 heterocycles. The lowest BCUT2D eigenvalue weighted by molar-refractivity contribution is 0.215. The van der Waals surface area contributed by atoms with Gasteiger partial charge < -0.3 is 20.6 Å². The average Bonchev–Trinajstić information content (AvgIpc) is 2.76. The summed E-state index contributed by atoms with van der Waals surface area (Å²) in [6.07, 6.45) is 7.77. The topological polar surface area (TPSA) is 65.1 Å². The lowest BCUT2D eigenvalue weighted by Gasteiger charge is -2.18. The maximum Gasteiger partial charge on any atom is 0.0757 e. The summed E-state index contributed by atoms with van der Waals surface area (Å²) in [5, 5.41) is 0. The second-order valence-electron chi connectivity index (χ2n) is 4.06. The van der Waals surface area contributed by atoms with Crippen LogP contribution in [0, 0.1) is 0 Å². The first-order valence-electron chi connectivity index (χ1n) is 5.14. The molecule has 0 saturated heterocycles. The van der Waals surface area contributed by atoms with E-state index in [2.05, 4.69) is 4.90 Å². The summed E-state index contributed by atoms with van der Waals surface area (Å²) >= 11 is 0. The molecule has 0 aromatic carbocycles. The molecular weight excluding hydrogens is 202 g/mol. The first-order valence-corrected chi connectivity index (χ1v) is 5.14. The summed E-state index contributed by atoms with van der Waals surface area (Å²) in [7, 11) is 2.05. The van der Waals surface area contributed by atoms with Crippen LogP contribution in [0.4, 0.5) is 11.4 Å². The SMILES string of the molecule is CN(Cn1ccc(N)c1)Cn1ccc(N)c1. The van der Waals surface area contributed by atoms with Crippen LogP contribution >= 0.6 is 0 Å². The van der Waals surface area contributed by atoms with Crippen molar-refractivity contribution in [3.05, 3.63) is 36.9 Å². The Hall–Kier alpha value is -1.88. The molecular formula is C11H17N5. The van der Waals surface area contributed by atoms with E-state index in [1.165, 1.54) is 0 Å². The third-order valence-electron chi connectivity index (χ3n) is 2.36. The molecule has 86 valence electrons. The zero-order chi connectivity index (χ0) is 11.5. The number of nitrogens with two attached hydrogens (primary N) is 2. The van der Waals surface area contributed by atoms with Gasteiger partial charge in [0.15, 0.2) is 0 Å². The number of hydrogen-bond donors (Lipinski definition) is 2. The Bertz CT molecular complexity index is 414. The highest BCUT2D eigenvalue weighted by Gasteiger charge is 2.00. The van der Waals surface area contributed by atoms with Crippen molar-refractivity contribution in [2.75, 3.05) is 18.5 Å². The Kier molecular flexibility index (Phi) is 2.87. The van der Waals surface area contributed by atoms with Crippen LogP contribution in [0.3, 0.4) is 0 Å². The average molecular weight is 219 g/mol. The number of aromatic nitrogens is 2. The minimum Gasteiger partial charge on any atom is -0.398 e. The molecule has 0 aliphatic rings. The van der Waals surface area contributed by atoms with Crippen LogP contribution < -0.4 is 11.5 Å². The van der Waals surface area contributed by atoms with E-state index in [1.807, 2.05) is 53.1 Å². The van der Waals surface area contributed by atoms with E-state index < -0.39 is 0 Å². The monoisotopic (exact) mass is 219 g/mol. The van der Waals surface area contributed by atoms with Gasteiger partial charge in [0.2, 0.25) is 0 Å². The molecule has 0 bridgehead atoms. The fourth-order valence-electron chi connectivity index (χ4n) is 1.70. The first kappa shape index (κ1) is 10.6. The van der Waals surface area contributed by atoms with Gasteiger partial charge in [0.25, 0.3) is 0 Å². The predicted molar refractivity (Wildman–Crippen MR) is 65.5 cm³/mol. The molecule has 2 rings (SSSR count). The van der Waals surface area contributed by atoms with Crippen LogP contribution in [0.25, 0.3) is 0 Å². The van der Waals surface area contributed by atoms with Gasteiger partial charge in [-0.15, -0.1) is 0 Å². The Morgan fingerprint density at radius 2 is 1.44 bits per heavy atom. The molecule has 0 aliphatic heterocycles. The third kappa shape index (κ3) is 2.58. The molecule has 16 heavy (non-hydrogen) atoms. The minimum atomic E-state index is 0.790. The summed E-state index contributed by atoms with van der Waals surface area (Å²) in [5.74, 6) is 0. The maximum absolute atomic E-state index is 5.65. The van der Waals surface area contributed by atoms with E-state index in [9.17, 15) is 0 Å². The normalized spacial score (nSPS) is 11.1. The standard InChI is InChI=1S/C11H17N5/c1-14(8-15-4-2-10(12)6-15)9-16-5-3-11(13)7-16/h2-7H,8-9,12-13H2,1H3. The molecule has 0 atom stereocenters. The van der Waals surface area contributed by atoms with E-state index in [1.54, 1.807) is 0 Å². The fraction of sp³-hybridized carbons (Fsp3) is 0.273. The highest BCUT2D eigenvalue weighted by molar-refractivity contribution is 5.34. The maximum atomic E-state index is 5.65. The van der Waals surface area contributed by atoms with Gasteiger partial charge in [0, 0.05) is 36.2 Å². The van der Waals surface area contributed by atoms with Crippen molar-refractivity contribution < 1.29 is 0 Å². The molecule has 0 aliphatic carbocycles. The molecule has 0 saturated carbocycles. The van der Waals surface area contributed by atoms with Crippen LogP contribution in [-0.2, 0) is 13.3 Å². The number of nitrogen functional groups attached to an aromatic ring is 2. The van der Waals surface area contributed by atoms with Crippen molar-refractivity contribution in [2.45, 2.75) is 13.3 Å². The van der Waals surface area contributed by atoms with Crippen molar-refractivity contribution >= 4 is 11.4 Å². The van der Waals surface area contributed by atoms with Crippen LogP contribution in [0.15, 0.2) is 36.9 Å². The lowest BCUT2D eigenvalue weighted by Crippen LogP contribution is -2.23. The second-order valence-corrected chi connectivity index (χ2v) is 4.06. The third-order valence-corrected chi connectivity index (χ3v) is 2.36. The summed E-state index contributed by atoms with van der Waals surface area (Å²) in [4.78, 5) is 2.17. The van der Waals surface area contributed by atoms with Crippen LogP contribution in [0.1, 0.15) is 0 Å². The largest absolute Gasteiger partial charge is 0.398 e. The number of anilines is 2. The van der Waals surface area contributed by atoms with Gasteiger partial charge >= 0.3 is 0 Å². The summed E-state index contributed by atoms with van der Waals surface area (Å²) in [6, 6.07) is 3.78. The van der Waals surface area contributed by atoms with Crippen molar-refractivity contribution in [1.82, 2.24) is 14.0 Å². The summed E-state index contributed by atoms with van der Waals surface area (Å²) < 4.78 is 4.09. The smallest absolute Gasteiger partial charge is 0.0757 e. The molecule has 0 fully saturated rings. The molecule has 4 N–H and O–H groups in total. The van der Waals surface area contributed by atoms with E-state index in [-0.39, 0.29) is 0 Å². The predicted octanol–water partition coefficient (Wildman–Crippen LogP) is 1.00. The highest BCUT2D eigenvalue weighted by atomic mass is 15.3. The van der Waals surface area contributed by atoms with Gasteiger partial charge in [-0.3, -0.25) is 4.90 Å². The zero-order valence-electron chi connectivity index (χ0n) is 9.37. The van der Waals surface area contributed by atoms with Crippen LogP contribution in [0.5, 0.6) is 0 Å². The Morgan fingerprint density at radius 3 is 1.75 bits per heavy atom. The van der Waals surface area contributed by atoms with Crippen molar-refractivity contribution in [1.29, 1.82) is 0 Å². The lowest BCUT2D eigenvalue weighted by atomic mass is 10.6. The first-order chi connectivity index (χ1) is 7.63. The molecule has 0 radical (unpaired) electrons. The zero-order valence-corrected chi connectivity index (χ0v) is 9.37. The molecule has 0 unspecified atom stereocenters. The van der Waals surface area contributed by atoms with Crippen LogP contribution in [-0.4, -0.2) is 21.1 Å². The molecule has 2 aromatic heterocycles. The van der Waals surface area contributed by atoms with Gasteiger partial charge in [0.1, 0.15) is 0 Å². The highest BCUT2D eigenvalue weighted by Crippen LogP contribution is 2.06. The second kappa shape index (κ2) is 4.32. The van der Waals surface area contributed by atoms with E-state index in [4.69, 9.17) is 11.5 Å². The molecule has 2 aromatic rings. The molecule has 5 heteroatoms. The van der Waals surface area contributed by atoms with Crippen molar-refractivity contribution in [3.8, 4) is 0 Å². The van der Waals surface area contributed by atoms with Gasteiger partial charge in [0.05, 0.1) is 13.3 Å². The minimum absolute atomic E-state index is 0.790. The Balaban J connectivity index is 1.91. The Morgan fingerprint density at radius 1 is 1.00 bits per heavy atom. The number of rotatable bonds is 4. The fourth-order valence-corrected chi connectivity index (χ4v) is 1.70. The molecule has 5 nitrogen and oxygen atoms in total. The summed E-state index contributed by atoms with van der Waals surface area (Å²) in [5.41, 5.74) is 12.9. The van der Waals surface area contributed by atoms with Crippen molar-refractivity contribution in [2.24, 2.45) is 0 Å². The number of nitrogens with zero attached hydrogens (tertiary/aromatic N) is 3. The molecule has 0 amide bonds. The Labute approximate surface area is 94.9 Å². The van der Waals surface area contributed by atoms with Crippen LogP contribution in [0.2, 0.25) is 0 Å². The van der Waals surface area contributed by atoms with Gasteiger partial charge in [-0.2, -0.15) is 0 Å². The van der Waals surface area contributed by atoms with E-state index in [0.29, 0.717) is 0 Å². The van der Waals surface area contributed by atoms with Gasteiger partial charge in [-0.1, -0.05) is 0 Å². The van der Waals surface area contributed by atoms with Gasteiger partial charge in [-0.05, 0) is 19.2 Å². The van der Waals surface area contributed by atoms with E-state index >= 15 is 0 Å². The number of hydrogen-bond acceptors (Lipinski definition) is 3. The van der Waals surface area contributed by atoms with E-state index in [0.717, 1.165) is 24.7 Å².